The fourth-order valence-electron chi connectivity index (χ4n) is 1.19. The van der Waals surface area contributed by atoms with Gasteiger partial charge in [0.2, 0.25) is 0 Å². The van der Waals surface area contributed by atoms with Crippen molar-refractivity contribution in [2.24, 2.45) is 0 Å². The predicted octanol–water partition coefficient (Wildman–Crippen LogP) is 2.02. The van der Waals surface area contributed by atoms with Gasteiger partial charge in [-0.3, -0.25) is 4.79 Å². The van der Waals surface area contributed by atoms with E-state index in [-0.39, 0.29) is 17.1 Å². The highest BCUT2D eigenvalue weighted by Crippen LogP contribution is 2.43. The minimum absolute atomic E-state index is 0.0142. The molecular weight excluding hydrogens is 194 g/mol. The van der Waals surface area contributed by atoms with Crippen LogP contribution in [0.1, 0.15) is 10.4 Å². The molecule has 0 aliphatic carbocycles. The molecule has 0 bridgehead atoms. The fraction of sp³-hybridized carbons (Fsp3) is 0.111. The number of ether oxygens (including phenoxy) is 2. The van der Waals surface area contributed by atoms with Gasteiger partial charge < -0.3 is 9.47 Å². The maximum Gasteiger partial charge on any atom is 0.586 e. The van der Waals surface area contributed by atoms with E-state index in [0.717, 1.165) is 0 Å². The van der Waals surface area contributed by atoms with Gasteiger partial charge in [-0.25, -0.2) is 0 Å². The molecule has 73 valence electrons. The minimum Gasteiger partial charge on any atom is -0.395 e. The summed E-state index contributed by atoms with van der Waals surface area (Å²) >= 11 is 0. The predicted molar refractivity (Wildman–Crippen MR) is 42.3 cm³/mol. The minimum atomic E-state index is -3.70. The molecular formula is C9H5F2O3. The van der Waals surface area contributed by atoms with Crippen LogP contribution in [0.25, 0.3) is 0 Å². The second-order valence-corrected chi connectivity index (χ2v) is 2.72. The standard InChI is InChI=1S/C9H5F2O3/c1-5(12)6-3-2-4-7-8(6)14-9(10,11)13-7/h2-4H,1H2. The first-order valence-electron chi connectivity index (χ1n) is 3.75. The number of ketones is 1. The molecule has 0 saturated heterocycles. The second-order valence-electron chi connectivity index (χ2n) is 2.72. The van der Waals surface area contributed by atoms with Crippen molar-refractivity contribution in [3.05, 3.63) is 30.7 Å². The van der Waals surface area contributed by atoms with Gasteiger partial charge in [0.25, 0.3) is 0 Å². The molecule has 0 saturated carbocycles. The average Bonchev–Trinajstić information content (AvgIpc) is 2.36. The van der Waals surface area contributed by atoms with Crippen LogP contribution in [-0.4, -0.2) is 12.1 Å². The van der Waals surface area contributed by atoms with Gasteiger partial charge in [0.15, 0.2) is 17.3 Å². The Balaban J connectivity index is 2.52. The largest absolute Gasteiger partial charge is 0.586 e. The Labute approximate surface area is 78.2 Å². The van der Waals surface area contributed by atoms with E-state index in [1.165, 1.54) is 18.2 Å². The SMILES string of the molecule is [CH2]C(=O)c1cccc2c1OC(F)(F)O2. The smallest absolute Gasteiger partial charge is 0.395 e. The van der Waals surface area contributed by atoms with Gasteiger partial charge >= 0.3 is 6.29 Å². The second kappa shape index (κ2) is 2.67. The third kappa shape index (κ3) is 1.30. The topological polar surface area (TPSA) is 35.5 Å². The van der Waals surface area contributed by atoms with Crippen LogP contribution in [0.3, 0.4) is 0 Å². The van der Waals surface area contributed by atoms with Crippen LogP contribution in [0.2, 0.25) is 0 Å². The van der Waals surface area contributed by atoms with Crippen molar-refractivity contribution >= 4 is 5.78 Å². The lowest BCUT2D eigenvalue weighted by Crippen LogP contribution is -2.26. The zero-order valence-electron chi connectivity index (χ0n) is 6.92. The molecule has 0 spiro atoms. The number of Topliss-reactive ketones (excluding diaryl/α,β-unsaturated/α-hetero) is 1. The lowest BCUT2D eigenvalue weighted by molar-refractivity contribution is -0.286. The van der Waals surface area contributed by atoms with Gasteiger partial charge in [0.1, 0.15) is 0 Å². The summed E-state index contributed by atoms with van der Waals surface area (Å²) in [5.41, 5.74) is -0.0142. The molecule has 0 amide bonds. The molecule has 0 N–H and O–H groups in total. The lowest BCUT2D eigenvalue weighted by atomic mass is 10.1. The summed E-state index contributed by atoms with van der Waals surface area (Å²) in [6, 6.07) is 4.06. The van der Waals surface area contributed by atoms with E-state index in [1.54, 1.807) is 0 Å². The molecule has 0 fully saturated rings. The number of benzene rings is 1. The van der Waals surface area contributed by atoms with Crippen LogP contribution >= 0.6 is 0 Å². The summed E-state index contributed by atoms with van der Waals surface area (Å²) in [6.45, 7) is 3.11. The van der Waals surface area contributed by atoms with Crippen molar-refractivity contribution in [3.63, 3.8) is 0 Å². The van der Waals surface area contributed by atoms with Crippen molar-refractivity contribution in [1.82, 2.24) is 0 Å². The molecule has 1 heterocycles. The van der Waals surface area contributed by atoms with E-state index in [2.05, 4.69) is 16.4 Å². The molecule has 1 aliphatic rings. The number of rotatable bonds is 1. The van der Waals surface area contributed by atoms with E-state index in [4.69, 9.17) is 0 Å². The number of halogens is 2. The number of para-hydroxylation sites is 1. The Hall–Kier alpha value is -1.65. The Morgan fingerprint density at radius 1 is 1.36 bits per heavy atom. The zero-order chi connectivity index (χ0) is 10.3. The van der Waals surface area contributed by atoms with Gasteiger partial charge in [-0.1, -0.05) is 6.07 Å². The maximum atomic E-state index is 12.6. The Kier molecular flexibility index (Phi) is 1.70. The number of carbonyl (C=O) groups is 1. The number of carbonyl (C=O) groups excluding carboxylic acids is 1. The molecule has 2 rings (SSSR count). The number of fused-ring (bicyclic) bond motifs is 1. The summed E-state index contributed by atoms with van der Waals surface area (Å²) in [7, 11) is 0. The molecule has 0 unspecified atom stereocenters. The van der Waals surface area contributed by atoms with E-state index < -0.39 is 12.1 Å². The van der Waals surface area contributed by atoms with E-state index >= 15 is 0 Å². The molecule has 5 heteroatoms. The third-order valence-electron chi connectivity index (χ3n) is 1.73. The monoisotopic (exact) mass is 199 g/mol. The summed E-state index contributed by atoms with van der Waals surface area (Å²) in [6.07, 6.45) is -3.70. The van der Waals surface area contributed by atoms with Crippen molar-refractivity contribution < 1.29 is 23.0 Å². The van der Waals surface area contributed by atoms with Crippen molar-refractivity contribution in [1.29, 1.82) is 0 Å². The van der Waals surface area contributed by atoms with Crippen LogP contribution in [-0.2, 0) is 0 Å². The Bertz CT molecular complexity index is 401. The van der Waals surface area contributed by atoms with Crippen LogP contribution in [0.4, 0.5) is 8.78 Å². The zero-order valence-corrected chi connectivity index (χ0v) is 6.92. The van der Waals surface area contributed by atoms with Gasteiger partial charge in [-0.05, 0) is 12.1 Å². The quantitative estimate of drug-likeness (QED) is 0.649. The molecule has 0 aromatic heterocycles. The molecule has 1 aromatic rings. The first kappa shape index (κ1) is 8.93. The summed E-state index contributed by atoms with van der Waals surface area (Å²) in [5.74, 6) is -0.995. The number of alkyl halides is 2. The Morgan fingerprint density at radius 3 is 2.71 bits per heavy atom. The molecule has 1 aromatic carbocycles. The molecule has 1 radical (unpaired) electrons. The maximum absolute atomic E-state index is 12.6. The normalized spacial score (nSPS) is 16.8. The summed E-state index contributed by atoms with van der Waals surface area (Å²) in [4.78, 5) is 10.9. The highest BCUT2D eigenvalue weighted by Gasteiger charge is 2.44. The van der Waals surface area contributed by atoms with Gasteiger partial charge in [-0.15, -0.1) is 8.78 Å². The summed E-state index contributed by atoms with van der Waals surface area (Å²) in [5, 5.41) is 0. The highest BCUT2D eigenvalue weighted by molar-refractivity contribution is 6.02. The van der Waals surface area contributed by atoms with Gasteiger partial charge in [-0.2, -0.15) is 0 Å². The highest BCUT2D eigenvalue weighted by atomic mass is 19.3. The van der Waals surface area contributed by atoms with Gasteiger partial charge in [0.05, 0.1) is 5.56 Å². The van der Waals surface area contributed by atoms with Crippen molar-refractivity contribution in [2.45, 2.75) is 6.29 Å². The first-order chi connectivity index (χ1) is 6.49. The van der Waals surface area contributed by atoms with Crippen LogP contribution in [0, 0.1) is 6.92 Å². The molecule has 3 nitrogen and oxygen atoms in total. The van der Waals surface area contributed by atoms with Crippen molar-refractivity contribution in [2.75, 3.05) is 0 Å². The molecule has 14 heavy (non-hydrogen) atoms. The number of hydrogen-bond donors (Lipinski definition) is 0. The molecule has 1 aliphatic heterocycles. The summed E-state index contributed by atoms with van der Waals surface area (Å²) < 4.78 is 33.5. The average molecular weight is 199 g/mol. The van der Waals surface area contributed by atoms with Crippen LogP contribution in [0.5, 0.6) is 11.5 Å². The van der Waals surface area contributed by atoms with E-state index in [9.17, 15) is 13.6 Å². The third-order valence-corrected chi connectivity index (χ3v) is 1.73. The Morgan fingerprint density at radius 2 is 2.07 bits per heavy atom. The van der Waals surface area contributed by atoms with Gasteiger partial charge in [0, 0.05) is 6.92 Å². The van der Waals surface area contributed by atoms with Crippen molar-refractivity contribution in [3.8, 4) is 11.5 Å². The lowest BCUT2D eigenvalue weighted by Gasteiger charge is -2.05. The fourth-order valence-corrected chi connectivity index (χ4v) is 1.19. The number of hydrogen-bond acceptors (Lipinski definition) is 3. The first-order valence-corrected chi connectivity index (χ1v) is 3.75. The van der Waals surface area contributed by atoms with E-state index in [0.29, 0.717) is 0 Å². The van der Waals surface area contributed by atoms with Crippen LogP contribution < -0.4 is 9.47 Å². The molecule has 0 atom stereocenters. The van der Waals surface area contributed by atoms with E-state index in [1.807, 2.05) is 0 Å². The van der Waals surface area contributed by atoms with Crippen LogP contribution in [0.15, 0.2) is 18.2 Å².